The zero-order chi connectivity index (χ0) is 21.5. The average molecular weight is 404 g/mol. The van der Waals surface area contributed by atoms with E-state index in [1.807, 2.05) is 78.9 Å². The molecule has 3 aromatic rings. The van der Waals surface area contributed by atoms with Crippen molar-refractivity contribution in [3.8, 4) is 16.9 Å². The molecule has 0 bridgehead atoms. The van der Waals surface area contributed by atoms with Crippen LogP contribution in [0.15, 0.2) is 78.9 Å². The molecular weight excluding hydrogens is 380 g/mol. The first kappa shape index (κ1) is 21.1. The van der Waals surface area contributed by atoms with Crippen LogP contribution in [0.5, 0.6) is 5.75 Å². The number of methoxy groups -OCH3 is 1. The Morgan fingerprint density at radius 2 is 1.13 bits per heavy atom. The van der Waals surface area contributed by atoms with E-state index in [2.05, 4.69) is 0 Å². The largest absolute Gasteiger partial charge is 0.497 e. The van der Waals surface area contributed by atoms with Gasteiger partial charge in [0, 0.05) is 0 Å². The molecule has 5 nitrogen and oxygen atoms in total. The van der Waals surface area contributed by atoms with Crippen LogP contribution in [0.4, 0.5) is 0 Å². The molecule has 3 aromatic carbocycles. The Balaban J connectivity index is 1.78. The molecule has 3 rings (SSSR count). The third kappa shape index (κ3) is 5.26. The number of carboxylic acid groups (broad SMARTS) is 2. The van der Waals surface area contributed by atoms with Crippen molar-refractivity contribution < 1.29 is 24.5 Å². The van der Waals surface area contributed by atoms with Gasteiger partial charge in [0.25, 0.3) is 0 Å². The zero-order valence-electron chi connectivity index (χ0n) is 16.7. The first-order valence-corrected chi connectivity index (χ1v) is 9.71. The van der Waals surface area contributed by atoms with E-state index in [4.69, 9.17) is 4.74 Å². The fourth-order valence-electron chi connectivity index (χ4n) is 3.54. The molecule has 5 heteroatoms. The number of carboxylic acids is 2. The molecule has 0 radical (unpaired) electrons. The van der Waals surface area contributed by atoms with E-state index in [0.29, 0.717) is 0 Å². The lowest BCUT2D eigenvalue weighted by Gasteiger charge is -2.21. The van der Waals surface area contributed by atoms with Gasteiger partial charge in [0.1, 0.15) is 5.75 Å². The van der Waals surface area contributed by atoms with Gasteiger partial charge in [-0.1, -0.05) is 66.7 Å². The summed E-state index contributed by atoms with van der Waals surface area (Å²) >= 11 is 0. The van der Waals surface area contributed by atoms with Gasteiger partial charge in [0.05, 0.1) is 18.9 Å². The summed E-state index contributed by atoms with van der Waals surface area (Å²) in [5.41, 5.74) is 3.61. The van der Waals surface area contributed by atoms with Gasteiger partial charge in [-0.2, -0.15) is 0 Å². The van der Waals surface area contributed by atoms with Gasteiger partial charge in [0.2, 0.25) is 0 Å². The predicted molar refractivity (Wildman–Crippen MR) is 115 cm³/mol. The second-order valence-electron chi connectivity index (χ2n) is 7.21. The van der Waals surface area contributed by atoms with Crippen LogP contribution < -0.4 is 4.74 Å². The minimum Gasteiger partial charge on any atom is -0.497 e. The fourth-order valence-corrected chi connectivity index (χ4v) is 3.54. The van der Waals surface area contributed by atoms with E-state index < -0.39 is 23.8 Å². The average Bonchev–Trinajstić information content (AvgIpc) is 2.77. The lowest BCUT2D eigenvalue weighted by atomic mass is 9.82. The number of hydrogen-bond acceptors (Lipinski definition) is 3. The molecule has 0 aliphatic carbocycles. The number of benzene rings is 3. The van der Waals surface area contributed by atoms with Crippen molar-refractivity contribution in [2.75, 3.05) is 7.11 Å². The Kier molecular flexibility index (Phi) is 6.86. The van der Waals surface area contributed by atoms with Crippen LogP contribution in [0.1, 0.15) is 11.1 Å². The smallest absolute Gasteiger partial charge is 0.307 e. The van der Waals surface area contributed by atoms with Gasteiger partial charge < -0.3 is 14.9 Å². The van der Waals surface area contributed by atoms with E-state index in [1.54, 1.807) is 7.11 Å². The first-order valence-electron chi connectivity index (χ1n) is 9.71. The molecule has 0 saturated heterocycles. The summed E-state index contributed by atoms with van der Waals surface area (Å²) < 4.78 is 5.17. The minimum atomic E-state index is -1.10. The van der Waals surface area contributed by atoms with Crippen LogP contribution in [0.25, 0.3) is 11.1 Å². The van der Waals surface area contributed by atoms with Gasteiger partial charge in [-0.15, -0.1) is 0 Å². The van der Waals surface area contributed by atoms with Crippen molar-refractivity contribution in [1.29, 1.82) is 0 Å². The highest BCUT2D eigenvalue weighted by Crippen LogP contribution is 2.26. The summed E-state index contributed by atoms with van der Waals surface area (Å²) in [4.78, 5) is 23.8. The van der Waals surface area contributed by atoms with Crippen molar-refractivity contribution in [1.82, 2.24) is 0 Å². The molecule has 0 saturated carbocycles. The topological polar surface area (TPSA) is 83.8 Å². The van der Waals surface area contributed by atoms with E-state index in [1.165, 1.54) is 0 Å². The highest BCUT2D eigenvalue weighted by molar-refractivity contribution is 5.80. The molecule has 30 heavy (non-hydrogen) atoms. The zero-order valence-corrected chi connectivity index (χ0v) is 16.7. The van der Waals surface area contributed by atoms with Gasteiger partial charge in [0.15, 0.2) is 0 Å². The molecule has 0 amide bonds. The normalized spacial score (nSPS) is 12.7. The summed E-state index contributed by atoms with van der Waals surface area (Å²) in [5.74, 6) is -3.45. The van der Waals surface area contributed by atoms with Crippen LogP contribution in [0.2, 0.25) is 0 Å². The molecule has 0 aliphatic rings. The number of carbonyl (C=O) groups is 2. The lowest BCUT2D eigenvalue weighted by Crippen LogP contribution is -2.33. The van der Waals surface area contributed by atoms with E-state index in [0.717, 1.165) is 28.0 Å². The SMILES string of the molecule is COc1ccc(-c2ccc(C[C@H](C(=O)O)[C@H](Cc3ccccc3)C(=O)O)cc2)cc1. The Labute approximate surface area is 175 Å². The van der Waals surface area contributed by atoms with E-state index >= 15 is 0 Å². The van der Waals surface area contributed by atoms with Crippen molar-refractivity contribution in [3.05, 3.63) is 90.0 Å². The number of rotatable bonds is 9. The quantitative estimate of drug-likeness (QED) is 0.547. The van der Waals surface area contributed by atoms with Gasteiger partial charge in [-0.25, -0.2) is 0 Å². The van der Waals surface area contributed by atoms with E-state index in [-0.39, 0.29) is 12.8 Å². The molecule has 0 fully saturated rings. The molecule has 0 aliphatic heterocycles. The second-order valence-corrected chi connectivity index (χ2v) is 7.21. The molecule has 2 N–H and O–H groups in total. The maximum absolute atomic E-state index is 11.9. The maximum atomic E-state index is 11.9. The number of ether oxygens (including phenoxy) is 1. The van der Waals surface area contributed by atoms with Crippen LogP contribution in [-0.2, 0) is 22.4 Å². The van der Waals surface area contributed by atoms with Crippen molar-refractivity contribution >= 4 is 11.9 Å². The van der Waals surface area contributed by atoms with Gasteiger partial charge >= 0.3 is 11.9 Å². The summed E-state index contributed by atoms with van der Waals surface area (Å²) in [6.07, 6.45) is 0.332. The fraction of sp³-hybridized carbons (Fsp3) is 0.200. The number of aliphatic carboxylic acids is 2. The predicted octanol–water partition coefficient (Wildman–Crippen LogP) is 4.55. The van der Waals surface area contributed by atoms with Crippen molar-refractivity contribution in [2.24, 2.45) is 11.8 Å². The molecule has 0 heterocycles. The highest BCUT2D eigenvalue weighted by Gasteiger charge is 2.34. The van der Waals surface area contributed by atoms with Crippen LogP contribution >= 0.6 is 0 Å². The molecule has 154 valence electrons. The Morgan fingerprint density at radius 3 is 1.57 bits per heavy atom. The Bertz CT molecular complexity index is 978. The standard InChI is InChI=1S/C25H24O5/c1-30-21-13-11-20(12-14-21)19-9-7-18(8-10-19)16-23(25(28)29)22(24(26)27)15-17-5-3-2-4-6-17/h2-14,22-23H,15-16H2,1H3,(H,26,27)(H,28,29)/t22-,23-/m0/s1. The Morgan fingerprint density at radius 1 is 0.700 bits per heavy atom. The minimum absolute atomic E-state index is 0.155. The van der Waals surface area contributed by atoms with Crippen LogP contribution in [0, 0.1) is 11.8 Å². The Hall–Kier alpha value is -3.60. The molecule has 0 aromatic heterocycles. The van der Waals surface area contributed by atoms with Crippen LogP contribution in [-0.4, -0.2) is 29.3 Å². The van der Waals surface area contributed by atoms with Crippen LogP contribution in [0.3, 0.4) is 0 Å². The third-order valence-corrected chi connectivity index (χ3v) is 5.25. The first-order chi connectivity index (χ1) is 14.5. The summed E-state index contributed by atoms with van der Waals surface area (Å²) in [6, 6.07) is 24.3. The van der Waals surface area contributed by atoms with Crippen molar-refractivity contribution in [2.45, 2.75) is 12.8 Å². The van der Waals surface area contributed by atoms with Gasteiger partial charge in [-0.05, 0) is 47.2 Å². The highest BCUT2D eigenvalue weighted by atomic mass is 16.5. The molecular formula is C25H24O5. The summed E-state index contributed by atoms with van der Waals surface area (Å²) in [6.45, 7) is 0. The van der Waals surface area contributed by atoms with Gasteiger partial charge in [-0.3, -0.25) is 9.59 Å². The monoisotopic (exact) mass is 404 g/mol. The summed E-state index contributed by atoms with van der Waals surface area (Å²) in [5, 5.41) is 19.4. The lowest BCUT2D eigenvalue weighted by molar-refractivity contribution is -0.153. The summed E-state index contributed by atoms with van der Waals surface area (Å²) in [7, 11) is 1.62. The third-order valence-electron chi connectivity index (χ3n) is 5.25. The second kappa shape index (κ2) is 9.74. The molecule has 0 spiro atoms. The molecule has 0 unspecified atom stereocenters. The maximum Gasteiger partial charge on any atom is 0.307 e. The number of hydrogen-bond donors (Lipinski definition) is 2. The van der Waals surface area contributed by atoms with E-state index in [9.17, 15) is 19.8 Å². The van der Waals surface area contributed by atoms with Crippen molar-refractivity contribution in [3.63, 3.8) is 0 Å². The molecule has 2 atom stereocenters.